The second kappa shape index (κ2) is 4.51. The normalized spacial score (nSPS) is 9.17. The van der Waals surface area contributed by atoms with Crippen LogP contribution < -0.4 is 5.73 Å². The van der Waals surface area contributed by atoms with Crippen LogP contribution in [0.2, 0.25) is 0 Å². The minimum Gasteiger partial charge on any atom is -0.345 e. The van der Waals surface area contributed by atoms with Crippen molar-refractivity contribution in [3.05, 3.63) is 30.6 Å². The zero-order valence-electron chi connectivity index (χ0n) is 7.12. The fourth-order valence-electron chi connectivity index (χ4n) is 0.880. The van der Waals surface area contributed by atoms with Crippen molar-refractivity contribution in [3.8, 4) is 0 Å². The molecule has 3 nitrogen and oxygen atoms in total. The Morgan fingerprint density at radius 2 is 2.08 bits per heavy atom. The second-order valence-corrected chi connectivity index (χ2v) is 2.33. The largest absolute Gasteiger partial charge is 0.345 e. The first-order valence-electron chi connectivity index (χ1n) is 3.96. The number of para-hydroxylation sites is 2. The average Bonchev–Trinajstić information content (AvgIpc) is 2.52. The number of imidazole rings is 1. The van der Waals surface area contributed by atoms with Gasteiger partial charge in [0.05, 0.1) is 17.4 Å². The first-order valence-corrected chi connectivity index (χ1v) is 3.96. The van der Waals surface area contributed by atoms with Crippen LogP contribution in [-0.4, -0.2) is 16.5 Å². The molecule has 0 atom stereocenters. The number of aromatic amines is 1. The third-order valence-corrected chi connectivity index (χ3v) is 1.33. The molecule has 0 aliphatic rings. The molecule has 1 aromatic heterocycles. The van der Waals surface area contributed by atoms with Crippen LogP contribution in [0.1, 0.15) is 6.92 Å². The molecule has 2 rings (SSSR count). The Kier molecular flexibility index (Phi) is 3.29. The number of hydrogen-bond acceptors (Lipinski definition) is 2. The minimum atomic E-state index is 0.750. The summed E-state index contributed by atoms with van der Waals surface area (Å²) in [5, 5.41) is 0. The van der Waals surface area contributed by atoms with E-state index in [1.165, 1.54) is 0 Å². The standard InChI is InChI=1S/C7H6N2.C2H7N/c1-2-4-7-6(3-1)8-5-9-7;1-2-3/h1-5H,(H,8,9);2-3H2,1H3. The molecule has 0 saturated heterocycles. The maximum Gasteiger partial charge on any atom is 0.0931 e. The van der Waals surface area contributed by atoms with Crippen LogP contribution in [0.4, 0.5) is 0 Å². The van der Waals surface area contributed by atoms with Crippen molar-refractivity contribution >= 4 is 11.0 Å². The van der Waals surface area contributed by atoms with Crippen LogP contribution in [-0.2, 0) is 0 Å². The van der Waals surface area contributed by atoms with Gasteiger partial charge in [0.1, 0.15) is 0 Å². The highest BCUT2D eigenvalue weighted by Gasteiger charge is 1.88. The number of benzene rings is 1. The summed E-state index contributed by atoms with van der Waals surface area (Å²) in [6.07, 6.45) is 1.70. The van der Waals surface area contributed by atoms with Gasteiger partial charge in [0.15, 0.2) is 0 Å². The summed E-state index contributed by atoms with van der Waals surface area (Å²) in [4.78, 5) is 7.07. The van der Waals surface area contributed by atoms with Crippen molar-refractivity contribution in [1.82, 2.24) is 9.97 Å². The van der Waals surface area contributed by atoms with Gasteiger partial charge in [-0.2, -0.15) is 0 Å². The summed E-state index contributed by atoms with van der Waals surface area (Å²) in [5.74, 6) is 0. The van der Waals surface area contributed by atoms with Gasteiger partial charge >= 0.3 is 0 Å². The summed E-state index contributed by atoms with van der Waals surface area (Å²) >= 11 is 0. The van der Waals surface area contributed by atoms with Gasteiger partial charge in [-0.3, -0.25) is 0 Å². The van der Waals surface area contributed by atoms with E-state index in [4.69, 9.17) is 5.73 Å². The molecule has 0 aliphatic carbocycles. The number of H-pyrrole nitrogens is 1. The minimum absolute atomic E-state index is 0.750. The molecule has 1 aromatic carbocycles. The molecular weight excluding hydrogens is 150 g/mol. The maximum atomic E-state index is 4.85. The molecule has 0 bridgehead atoms. The van der Waals surface area contributed by atoms with Gasteiger partial charge in [-0.25, -0.2) is 4.98 Å². The number of rotatable bonds is 0. The van der Waals surface area contributed by atoms with E-state index >= 15 is 0 Å². The fraction of sp³-hybridized carbons (Fsp3) is 0.222. The second-order valence-electron chi connectivity index (χ2n) is 2.33. The molecule has 0 saturated carbocycles. The monoisotopic (exact) mass is 163 g/mol. The molecule has 0 fully saturated rings. The van der Waals surface area contributed by atoms with Crippen LogP contribution >= 0.6 is 0 Å². The number of hydrogen-bond donors (Lipinski definition) is 2. The van der Waals surface area contributed by atoms with E-state index in [2.05, 4.69) is 9.97 Å². The van der Waals surface area contributed by atoms with Crippen molar-refractivity contribution in [3.63, 3.8) is 0 Å². The Balaban J connectivity index is 0.000000213. The van der Waals surface area contributed by atoms with E-state index in [9.17, 15) is 0 Å². The van der Waals surface area contributed by atoms with Crippen LogP contribution in [0.15, 0.2) is 30.6 Å². The number of fused-ring (bicyclic) bond motifs is 1. The topological polar surface area (TPSA) is 54.7 Å². The smallest absolute Gasteiger partial charge is 0.0931 e. The molecule has 3 heteroatoms. The third-order valence-electron chi connectivity index (χ3n) is 1.33. The van der Waals surface area contributed by atoms with E-state index in [0.717, 1.165) is 17.6 Å². The van der Waals surface area contributed by atoms with Crippen molar-refractivity contribution in [1.29, 1.82) is 0 Å². The first kappa shape index (κ1) is 8.74. The van der Waals surface area contributed by atoms with E-state index in [1.54, 1.807) is 6.33 Å². The SMILES string of the molecule is CCN.c1ccc2[nH]cnc2c1. The molecule has 64 valence electrons. The lowest BCUT2D eigenvalue weighted by Crippen LogP contribution is -1.87. The highest BCUT2D eigenvalue weighted by atomic mass is 14.9. The Bertz CT molecular complexity index is 297. The number of nitrogens with zero attached hydrogens (tertiary/aromatic N) is 1. The molecule has 0 spiro atoms. The summed E-state index contributed by atoms with van der Waals surface area (Å²) in [6.45, 7) is 2.65. The summed E-state index contributed by atoms with van der Waals surface area (Å²) in [7, 11) is 0. The number of aromatic nitrogens is 2. The average molecular weight is 163 g/mol. The highest BCUT2D eigenvalue weighted by Crippen LogP contribution is 2.05. The van der Waals surface area contributed by atoms with Gasteiger partial charge in [-0.1, -0.05) is 19.1 Å². The molecule has 2 aromatic rings. The van der Waals surface area contributed by atoms with Crippen molar-refractivity contribution in [2.75, 3.05) is 6.54 Å². The summed E-state index contributed by atoms with van der Waals surface area (Å²) < 4.78 is 0. The first-order chi connectivity index (χ1) is 5.88. The van der Waals surface area contributed by atoms with E-state index in [0.29, 0.717) is 0 Å². The molecule has 0 radical (unpaired) electrons. The fourth-order valence-corrected chi connectivity index (χ4v) is 0.880. The van der Waals surface area contributed by atoms with E-state index < -0.39 is 0 Å². The van der Waals surface area contributed by atoms with Crippen LogP contribution in [0.3, 0.4) is 0 Å². The Morgan fingerprint density at radius 1 is 1.42 bits per heavy atom. The summed E-state index contributed by atoms with van der Waals surface area (Å²) in [5.41, 5.74) is 6.97. The van der Waals surface area contributed by atoms with Crippen molar-refractivity contribution < 1.29 is 0 Å². The lowest BCUT2D eigenvalue weighted by molar-refractivity contribution is 1.14. The van der Waals surface area contributed by atoms with Crippen LogP contribution in [0.25, 0.3) is 11.0 Å². The summed E-state index contributed by atoms with van der Waals surface area (Å²) in [6, 6.07) is 7.94. The molecule has 3 N–H and O–H groups in total. The quantitative estimate of drug-likeness (QED) is 0.618. The molecule has 0 aliphatic heterocycles. The highest BCUT2D eigenvalue weighted by molar-refractivity contribution is 5.73. The molecule has 0 amide bonds. The van der Waals surface area contributed by atoms with E-state index in [-0.39, 0.29) is 0 Å². The van der Waals surface area contributed by atoms with Gasteiger partial charge in [0.25, 0.3) is 0 Å². The van der Waals surface area contributed by atoms with Gasteiger partial charge in [0, 0.05) is 0 Å². The molecule has 1 heterocycles. The molecule has 12 heavy (non-hydrogen) atoms. The van der Waals surface area contributed by atoms with Crippen molar-refractivity contribution in [2.24, 2.45) is 5.73 Å². The van der Waals surface area contributed by atoms with Gasteiger partial charge in [-0.05, 0) is 18.7 Å². The predicted molar refractivity (Wildman–Crippen MR) is 50.8 cm³/mol. The third kappa shape index (κ3) is 2.07. The van der Waals surface area contributed by atoms with Crippen LogP contribution in [0.5, 0.6) is 0 Å². The number of nitrogens with one attached hydrogen (secondary N) is 1. The van der Waals surface area contributed by atoms with Gasteiger partial charge in [-0.15, -0.1) is 0 Å². The maximum absolute atomic E-state index is 4.85. The lowest BCUT2D eigenvalue weighted by atomic mass is 10.3. The Labute approximate surface area is 71.6 Å². The van der Waals surface area contributed by atoms with Gasteiger partial charge < -0.3 is 10.7 Å². The predicted octanol–water partition coefficient (Wildman–Crippen LogP) is 1.53. The van der Waals surface area contributed by atoms with Gasteiger partial charge in [0.2, 0.25) is 0 Å². The Hall–Kier alpha value is -1.35. The van der Waals surface area contributed by atoms with Crippen molar-refractivity contribution in [2.45, 2.75) is 6.92 Å². The number of nitrogens with two attached hydrogens (primary N) is 1. The van der Waals surface area contributed by atoms with E-state index in [1.807, 2.05) is 31.2 Å². The Morgan fingerprint density at radius 3 is 2.75 bits per heavy atom. The van der Waals surface area contributed by atoms with Crippen LogP contribution in [0, 0.1) is 0 Å². The zero-order valence-corrected chi connectivity index (χ0v) is 7.12. The zero-order chi connectivity index (χ0) is 8.81. The lowest BCUT2D eigenvalue weighted by Gasteiger charge is -1.81. The molecule has 0 unspecified atom stereocenters. The molecular formula is C9H13N3.